The van der Waals surface area contributed by atoms with Gasteiger partial charge < -0.3 is 15.0 Å². The summed E-state index contributed by atoms with van der Waals surface area (Å²) >= 11 is 3.37. The number of carbonyl (C=O) groups excluding carboxylic acids is 1. The number of hydrogen-bond donors (Lipinski definition) is 2. The number of nitrogens with zero attached hydrogens (tertiary/aromatic N) is 3. The molecule has 0 aliphatic heterocycles. The second kappa shape index (κ2) is 6.48. The molecule has 0 radical (unpaired) electrons. The number of aromatic nitrogens is 3. The largest absolute Gasteiger partial charge is 0.379 e. The summed E-state index contributed by atoms with van der Waals surface area (Å²) in [5.41, 5.74) is 4.68. The first-order valence-corrected chi connectivity index (χ1v) is 9.02. The first kappa shape index (κ1) is 16.1. The lowest BCUT2D eigenvalue weighted by molar-refractivity contribution is -0.114. The van der Waals surface area contributed by atoms with Gasteiger partial charge in [-0.3, -0.25) is 4.79 Å². The van der Waals surface area contributed by atoms with Gasteiger partial charge in [-0.25, -0.2) is 9.97 Å². The molecule has 7 heteroatoms. The van der Waals surface area contributed by atoms with Crippen LogP contribution in [0, 0.1) is 0 Å². The fraction of sp³-hybridized carbons (Fsp3) is 0.278. The van der Waals surface area contributed by atoms with Crippen LogP contribution >= 0.6 is 15.9 Å². The van der Waals surface area contributed by atoms with Gasteiger partial charge in [0.2, 0.25) is 5.91 Å². The van der Waals surface area contributed by atoms with Gasteiger partial charge in [0.05, 0.1) is 17.9 Å². The molecule has 1 aliphatic carbocycles. The summed E-state index contributed by atoms with van der Waals surface area (Å²) in [6.45, 7) is 2.11. The molecule has 3 heterocycles. The molecule has 128 valence electrons. The summed E-state index contributed by atoms with van der Waals surface area (Å²) in [4.78, 5) is 20.3. The van der Waals surface area contributed by atoms with Crippen molar-refractivity contribution in [1.82, 2.24) is 14.4 Å². The molecule has 4 rings (SSSR count). The van der Waals surface area contributed by atoms with Gasteiger partial charge in [-0.15, -0.1) is 0 Å². The molecule has 1 fully saturated rings. The van der Waals surface area contributed by atoms with Crippen LogP contribution in [0.3, 0.4) is 0 Å². The molecule has 3 aromatic heterocycles. The maximum Gasteiger partial charge on any atom is 0.221 e. The Labute approximate surface area is 153 Å². The Morgan fingerprint density at radius 3 is 2.92 bits per heavy atom. The number of rotatable bonds is 5. The Balaban J connectivity index is 1.62. The summed E-state index contributed by atoms with van der Waals surface area (Å²) < 4.78 is 2.80. The van der Waals surface area contributed by atoms with E-state index in [-0.39, 0.29) is 5.91 Å². The van der Waals surface area contributed by atoms with E-state index in [4.69, 9.17) is 0 Å². The molecule has 2 N–H and O–H groups in total. The molecule has 0 spiro atoms. The predicted octanol–water partition coefficient (Wildman–Crippen LogP) is 3.94. The van der Waals surface area contributed by atoms with Crippen molar-refractivity contribution < 1.29 is 4.79 Å². The minimum absolute atomic E-state index is 0.0841. The average Bonchev–Trinajstić information content (AvgIpc) is 3.32. The molecule has 0 unspecified atom stereocenters. The number of halogens is 1. The maximum absolute atomic E-state index is 11.5. The first-order chi connectivity index (χ1) is 12.1. The molecule has 1 saturated carbocycles. The van der Waals surface area contributed by atoms with E-state index in [1.165, 1.54) is 25.3 Å². The van der Waals surface area contributed by atoms with Gasteiger partial charge in [0.15, 0.2) is 5.65 Å². The lowest BCUT2D eigenvalue weighted by Crippen LogP contribution is -2.08. The summed E-state index contributed by atoms with van der Waals surface area (Å²) in [6.07, 6.45) is 8.30. The second-order valence-electron chi connectivity index (χ2n) is 6.33. The third-order valence-electron chi connectivity index (χ3n) is 4.18. The van der Waals surface area contributed by atoms with E-state index >= 15 is 0 Å². The number of imidazole rings is 1. The van der Waals surface area contributed by atoms with E-state index in [0.29, 0.717) is 12.5 Å². The monoisotopic (exact) mass is 399 g/mol. The SMILES string of the molecule is CC(=O)Nc1cc(C2CC2)cn2cc(CNc3ccnc(Br)c3)nc12. The van der Waals surface area contributed by atoms with Crippen molar-refractivity contribution in [3.05, 3.63) is 52.7 Å². The molecular weight excluding hydrogens is 382 g/mol. The molecule has 0 atom stereocenters. The molecule has 6 nitrogen and oxygen atoms in total. The third kappa shape index (κ3) is 3.66. The van der Waals surface area contributed by atoms with Crippen LogP contribution in [0.5, 0.6) is 0 Å². The minimum Gasteiger partial charge on any atom is -0.379 e. The van der Waals surface area contributed by atoms with E-state index < -0.39 is 0 Å². The standard InChI is InChI=1S/C18H18BrN5O/c1-11(25)22-16-6-13(12-2-3-12)9-24-10-15(23-18(16)24)8-21-14-4-5-20-17(19)7-14/h4-7,9-10,12H,2-3,8H2,1H3,(H,20,21)(H,22,25). The number of pyridine rings is 2. The lowest BCUT2D eigenvalue weighted by atomic mass is 10.2. The zero-order valence-electron chi connectivity index (χ0n) is 13.8. The number of carbonyl (C=O) groups is 1. The highest BCUT2D eigenvalue weighted by molar-refractivity contribution is 9.10. The van der Waals surface area contributed by atoms with Crippen molar-refractivity contribution in [3.8, 4) is 0 Å². The predicted molar refractivity (Wildman–Crippen MR) is 101 cm³/mol. The second-order valence-corrected chi connectivity index (χ2v) is 7.14. The van der Waals surface area contributed by atoms with Crippen molar-refractivity contribution in [1.29, 1.82) is 0 Å². The summed E-state index contributed by atoms with van der Waals surface area (Å²) in [7, 11) is 0. The normalized spacial score (nSPS) is 13.8. The Hall–Kier alpha value is -2.41. The van der Waals surface area contributed by atoms with E-state index in [1.54, 1.807) is 6.20 Å². The van der Waals surface area contributed by atoms with Crippen molar-refractivity contribution >= 4 is 38.9 Å². The Morgan fingerprint density at radius 2 is 2.20 bits per heavy atom. The maximum atomic E-state index is 11.5. The highest BCUT2D eigenvalue weighted by Gasteiger charge is 2.25. The van der Waals surface area contributed by atoms with E-state index in [1.807, 2.05) is 22.7 Å². The zero-order valence-corrected chi connectivity index (χ0v) is 15.4. The van der Waals surface area contributed by atoms with Gasteiger partial charge in [-0.05, 0) is 58.5 Å². The van der Waals surface area contributed by atoms with Crippen LogP contribution in [0.25, 0.3) is 5.65 Å². The topological polar surface area (TPSA) is 71.3 Å². The Bertz CT molecular complexity index is 948. The van der Waals surface area contributed by atoms with Gasteiger partial charge in [0.1, 0.15) is 4.60 Å². The van der Waals surface area contributed by atoms with Crippen LogP contribution in [0.1, 0.15) is 36.9 Å². The highest BCUT2D eigenvalue weighted by Crippen LogP contribution is 2.41. The number of fused-ring (bicyclic) bond motifs is 1. The molecule has 1 aliphatic rings. The fourth-order valence-corrected chi connectivity index (χ4v) is 3.25. The van der Waals surface area contributed by atoms with Crippen LogP contribution in [0.15, 0.2) is 41.4 Å². The Kier molecular flexibility index (Phi) is 4.17. The molecule has 1 amide bonds. The molecular formula is C18H18BrN5O. The van der Waals surface area contributed by atoms with E-state index in [2.05, 4.69) is 48.8 Å². The third-order valence-corrected chi connectivity index (χ3v) is 4.62. The molecule has 3 aromatic rings. The lowest BCUT2D eigenvalue weighted by Gasteiger charge is -2.07. The quantitative estimate of drug-likeness (QED) is 0.637. The molecule has 0 bridgehead atoms. The summed E-state index contributed by atoms with van der Waals surface area (Å²) in [5, 5.41) is 6.25. The molecule has 25 heavy (non-hydrogen) atoms. The van der Waals surface area contributed by atoms with Crippen LogP contribution in [-0.4, -0.2) is 20.3 Å². The number of nitrogens with one attached hydrogen (secondary N) is 2. The van der Waals surface area contributed by atoms with Gasteiger partial charge >= 0.3 is 0 Å². The van der Waals surface area contributed by atoms with Gasteiger partial charge in [-0.1, -0.05) is 0 Å². The van der Waals surface area contributed by atoms with Crippen molar-refractivity contribution in [2.75, 3.05) is 10.6 Å². The smallest absolute Gasteiger partial charge is 0.221 e. The van der Waals surface area contributed by atoms with Gasteiger partial charge in [0.25, 0.3) is 0 Å². The highest BCUT2D eigenvalue weighted by atomic mass is 79.9. The Morgan fingerprint density at radius 1 is 1.36 bits per heavy atom. The van der Waals surface area contributed by atoms with Crippen LogP contribution < -0.4 is 10.6 Å². The van der Waals surface area contributed by atoms with Crippen LogP contribution in [0.2, 0.25) is 0 Å². The minimum atomic E-state index is -0.0841. The first-order valence-electron chi connectivity index (χ1n) is 8.23. The number of amides is 1. The van der Waals surface area contributed by atoms with E-state index in [0.717, 1.165) is 27.3 Å². The average molecular weight is 400 g/mol. The fourth-order valence-electron chi connectivity index (χ4n) is 2.88. The molecule has 0 aromatic carbocycles. The summed E-state index contributed by atoms with van der Waals surface area (Å²) in [6, 6.07) is 5.89. The van der Waals surface area contributed by atoms with E-state index in [9.17, 15) is 4.79 Å². The molecule has 0 saturated heterocycles. The van der Waals surface area contributed by atoms with Crippen molar-refractivity contribution in [2.24, 2.45) is 0 Å². The van der Waals surface area contributed by atoms with Crippen molar-refractivity contribution in [3.63, 3.8) is 0 Å². The van der Waals surface area contributed by atoms with Crippen molar-refractivity contribution in [2.45, 2.75) is 32.2 Å². The van der Waals surface area contributed by atoms with Crippen LogP contribution in [-0.2, 0) is 11.3 Å². The van der Waals surface area contributed by atoms with Gasteiger partial charge in [-0.2, -0.15) is 0 Å². The zero-order chi connectivity index (χ0) is 17.4. The number of anilines is 2. The summed E-state index contributed by atoms with van der Waals surface area (Å²) in [5.74, 6) is 0.522. The van der Waals surface area contributed by atoms with Gasteiger partial charge in [0, 0.05) is 31.2 Å². The number of hydrogen-bond acceptors (Lipinski definition) is 4. The van der Waals surface area contributed by atoms with Crippen LogP contribution in [0.4, 0.5) is 11.4 Å².